The number of thiazole rings is 1. The van der Waals surface area contributed by atoms with Crippen molar-refractivity contribution < 1.29 is 13.2 Å². The molecule has 1 amide bonds. The van der Waals surface area contributed by atoms with E-state index >= 15 is 0 Å². The Hall–Kier alpha value is -2.14. The van der Waals surface area contributed by atoms with Crippen molar-refractivity contribution in [2.45, 2.75) is 22.6 Å². The number of para-hydroxylation sites is 1. The third-order valence-corrected chi connectivity index (χ3v) is 10.3. The van der Waals surface area contributed by atoms with Crippen LogP contribution in [-0.2, 0) is 14.8 Å². The summed E-state index contributed by atoms with van der Waals surface area (Å²) in [5.74, 6) is -0.216. The summed E-state index contributed by atoms with van der Waals surface area (Å²) in [6.07, 6.45) is 3.50. The minimum absolute atomic E-state index is 0.0709. The van der Waals surface area contributed by atoms with Crippen LogP contribution in [0.5, 0.6) is 0 Å². The van der Waals surface area contributed by atoms with Gasteiger partial charge in [-0.25, -0.2) is 13.4 Å². The summed E-state index contributed by atoms with van der Waals surface area (Å²) in [6, 6.07) is 14.8. The second kappa shape index (κ2) is 9.85. The fourth-order valence-electron chi connectivity index (χ4n) is 4.69. The van der Waals surface area contributed by atoms with Crippen molar-refractivity contribution in [2.24, 2.45) is 5.92 Å². The minimum Gasteiger partial charge on any atom is -0.345 e. The summed E-state index contributed by atoms with van der Waals surface area (Å²) >= 11 is 3.40. The molecule has 5 rings (SSSR count). The highest BCUT2D eigenvalue weighted by Gasteiger charge is 2.36. The smallest absolute Gasteiger partial charge is 0.243 e. The van der Waals surface area contributed by atoms with Gasteiger partial charge in [-0.05, 0) is 43.4 Å². The van der Waals surface area contributed by atoms with Crippen LogP contribution in [0.2, 0.25) is 0 Å². The molecule has 2 aliphatic rings. The molecule has 3 aromatic rings. The Morgan fingerprint density at radius 3 is 2.53 bits per heavy atom. The Bertz CT molecular complexity index is 1270. The number of benzene rings is 2. The first-order valence-corrected chi connectivity index (χ1v) is 15.0. The molecule has 2 aliphatic heterocycles. The second-order valence-corrected chi connectivity index (χ2v) is 12.4. The summed E-state index contributed by atoms with van der Waals surface area (Å²) in [4.78, 5) is 23.8. The molecule has 2 fully saturated rings. The van der Waals surface area contributed by atoms with Crippen molar-refractivity contribution in [3.63, 3.8) is 0 Å². The highest BCUT2D eigenvalue weighted by molar-refractivity contribution is 7.98. The Morgan fingerprint density at radius 2 is 1.79 bits per heavy atom. The van der Waals surface area contributed by atoms with Crippen LogP contribution in [0, 0.1) is 5.92 Å². The number of piperidine rings is 1. The molecule has 34 heavy (non-hydrogen) atoms. The molecule has 2 aromatic carbocycles. The third-order valence-electron chi connectivity index (χ3n) is 6.57. The summed E-state index contributed by atoms with van der Waals surface area (Å²) in [6.45, 7) is 3.45. The van der Waals surface area contributed by atoms with Gasteiger partial charge in [0.1, 0.15) is 0 Å². The average molecular weight is 517 g/mol. The molecule has 2 saturated heterocycles. The molecule has 180 valence electrons. The van der Waals surface area contributed by atoms with Crippen LogP contribution in [0.3, 0.4) is 0 Å². The first kappa shape index (κ1) is 23.6. The van der Waals surface area contributed by atoms with Crippen molar-refractivity contribution >= 4 is 54.4 Å². The van der Waals surface area contributed by atoms with Crippen molar-refractivity contribution in [1.29, 1.82) is 0 Å². The summed E-state index contributed by atoms with van der Waals surface area (Å²) < 4.78 is 28.7. The summed E-state index contributed by atoms with van der Waals surface area (Å²) in [5, 5.41) is 1.00. The monoisotopic (exact) mass is 516 g/mol. The van der Waals surface area contributed by atoms with Gasteiger partial charge in [0.25, 0.3) is 0 Å². The first-order chi connectivity index (χ1) is 16.5. The Kier molecular flexibility index (Phi) is 6.83. The Morgan fingerprint density at radius 1 is 1.03 bits per heavy atom. The second-order valence-electron chi connectivity index (χ2n) is 8.63. The zero-order valence-corrected chi connectivity index (χ0v) is 21.5. The average Bonchev–Trinajstić information content (AvgIpc) is 3.33. The lowest BCUT2D eigenvalue weighted by molar-refractivity contribution is -0.137. The number of piperazine rings is 1. The van der Waals surface area contributed by atoms with E-state index in [-0.39, 0.29) is 23.3 Å². The lowest BCUT2D eigenvalue weighted by Gasteiger charge is -2.38. The fraction of sp³-hybridized carbons (Fsp3) is 0.417. The molecular weight excluding hydrogens is 488 g/mol. The first-order valence-electron chi connectivity index (χ1n) is 11.5. The van der Waals surface area contributed by atoms with Crippen molar-refractivity contribution in [1.82, 2.24) is 14.2 Å². The maximum atomic E-state index is 13.3. The van der Waals surface area contributed by atoms with Crippen molar-refractivity contribution in [3.8, 4) is 0 Å². The summed E-state index contributed by atoms with van der Waals surface area (Å²) in [5.41, 5.74) is 1.05. The van der Waals surface area contributed by atoms with Crippen LogP contribution < -0.4 is 4.90 Å². The van der Waals surface area contributed by atoms with Gasteiger partial charge in [-0.3, -0.25) is 4.79 Å². The van der Waals surface area contributed by atoms with Crippen LogP contribution in [0.25, 0.3) is 10.2 Å². The number of thioether (sulfide) groups is 1. The SMILES string of the molecule is CSc1cccc2sc(N3CCN(C(=O)C4CCCN(S(=O)(=O)c5ccccc5)C4)CC3)nc12. The normalized spacial score (nSPS) is 20.1. The number of fused-ring (bicyclic) bond motifs is 1. The molecule has 0 bridgehead atoms. The van der Waals surface area contributed by atoms with Gasteiger partial charge in [-0.15, -0.1) is 11.8 Å². The van der Waals surface area contributed by atoms with Gasteiger partial charge in [0, 0.05) is 44.2 Å². The lowest BCUT2D eigenvalue weighted by Crippen LogP contribution is -2.53. The molecule has 1 unspecified atom stereocenters. The minimum atomic E-state index is -3.58. The molecule has 0 saturated carbocycles. The Balaban J connectivity index is 1.23. The van der Waals surface area contributed by atoms with E-state index in [0.717, 1.165) is 30.2 Å². The predicted molar refractivity (Wildman–Crippen MR) is 138 cm³/mol. The molecule has 10 heteroatoms. The zero-order valence-electron chi connectivity index (χ0n) is 19.1. The van der Waals surface area contributed by atoms with Gasteiger partial charge in [0.2, 0.25) is 15.9 Å². The highest BCUT2D eigenvalue weighted by atomic mass is 32.2. The van der Waals surface area contributed by atoms with E-state index in [1.807, 2.05) is 4.90 Å². The third kappa shape index (κ3) is 4.56. The van der Waals surface area contributed by atoms with Crippen LogP contribution in [0.1, 0.15) is 12.8 Å². The molecular formula is C24H28N4O3S3. The van der Waals surface area contributed by atoms with Gasteiger partial charge < -0.3 is 9.80 Å². The van der Waals surface area contributed by atoms with Crippen molar-refractivity contribution in [2.75, 3.05) is 50.4 Å². The van der Waals surface area contributed by atoms with E-state index in [9.17, 15) is 13.2 Å². The number of hydrogen-bond acceptors (Lipinski definition) is 7. The fourth-order valence-corrected chi connectivity index (χ4v) is 7.91. The number of nitrogens with zero attached hydrogens (tertiary/aromatic N) is 4. The van der Waals surface area contributed by atoms with Gasteiger partial charge in [-0.2, -0.15) is 4.31 Å². The number of anilines is 1. The topological polar surface area (TPSA) is 73.8 Å². The molecule has 0 radical (unpaired) electrons. The zero-order chi connectivity index (χ0) is 23.7. The van der Waals surface area contributed by atoms with Crippen LogP contribution in [0.4, 0.5) is 5.13 Å². The van der Waals surface area contributed by atoms with Gasteiger partial charge in [0.05, 0.1) is 21.0 Å². The van der Waals surface area contributed by atoms with Gasteiger partial charge in [0.15, 0.2) is 5.13 Å². The lowest BCUT2D eigenvalue weighted by atomic mass is 9.98. The van der Waals surface area contributed by atoms with E-state index in [2.05, 4.69) is 29.4 Å². The largest absolute Gasteiger partial charge is 0.345 e. The number of aromatic nitrogens is 1. The van der Waals surface area contributed by atoms with Gasteiger partial charge >= 0.3 is 0 Å². The number of hydrogen-bond donors (Lipinski definition) is 0. The summed E-state index contributed by atoms with van der Waals surface area (Å²) in [7, 11) is -3.58. The molecule has 0 spiro atoms. The highest BCUT2D eigenvalue weighted by Crippen LogP contribution is 2.34. The van der Waals surface area contributed by atoms with E-state index in [0.29, 0.717) is 26.1 Å². The maximum absolute atomic E-state index is 13.3. The number of rotatable bonds is 5. The predicted octanol–water partition coefficient (Wildman–Crippen LogP) is 3.77. The van der Waals surface area contributed by atoms with Crippen molar-refractivity contribution in [3.05, 3.63) is 48.5 Å². The number of amides is 1. The molecule has 1 aromatic heterocycles. The number of carbonyl (C=O) groups is 1. The Labute approximate surface area is 208 Å². The standard InChI is InChI=1S/C24H28N4O3S3/c1-32-20-10-5-11-21-22(20)25-24(33-21)27-15-13-26(14-16-27)23(29)18-7-6-12-28(17-18)34(30,31)19-8-3-2-4-9-19/h2-5,8-11,18H,6-7,12-17H2,1H3. The van der Waals surface area contributed by atoms with Gasteiger partial charge in [-0.1, -0.05) is 35.6 Å². The quantitative estimate of drug-likeness (QED) is 0.481. The molecule has 1 atom stereocenters. The number of carbonyl (C=O) groups excluding carboxylic acids is 1. The molecule has 0 N–H and O–H groups in total. The van der Waals surface area contributed by atoms with E-state index in [1.54, 1.807) is 53.4 Å². The van der Waals surface area contributed by atoms with E-state index in [4.69, 9.17) is 4.98 Å². The van der Waals surface area contributed by atoms with Crippen LogP contribution in [-0.4, -0.2) is 74.0 Å². The van der Waals surface area contributed by atoms with E-state index in [1.165, 1.54) is 13.9 Å². The maximum Gasteiger partial charge on any atom is 0.243 e. The molecule has 7 nitrogen and oxygen atoms in total. The van der Waals surface area contributed by atoms with Crippen LogP contribution in [0.15, 0.2) is 58.3 Å². The molecule has 0 aliphatic carbocycles. The van der Waals surface area contributed by atoms with Crippen LogP contribution >= 0.6 is 23.1 Å². The number of sulfonamides is 1. The molecule has 3 heterocycles. The van der Waals surface area contributed by atoms with E-state index < -0.39 is 10.0 Å².